The second-order valence-electron chi connectivity index (χ2n) is 3.40. The van der Waals surface area contributed by atoms with Gasteiger partial charge >= 0.3 is 0 Å². The predicted molar refractivity (Wildman–Crippen MR) is 74.3 cm³/mol. The third kappa shape index (κ3) is 2.03. The Balaban J connectivity index is 2.64. The number of rotatable bonds is 2. The van der Waals surface area contributed by atoms with Gasteiger partial charge in [0.05, 0.1) is 17.7 Å². The van der Waals surface area contributed by atoms with Crippen LogP contribution in [0.5, 0.6) is 0 Å². The Morgan fingerprint density at radius 2 is 2.12 bits per heavy atom. The maximum absolute atomic E-state index is 6.00. The van der Waals surface area contributed by atoms with Crippen LogP contribution in [-0.4, -0.2) is 21.6 Å². The molecular formula is C10H12N4OS2. The number of anilines is 2. The molecule has 0 aliphatic rings. The normalized spacial score (nSPS) is 10.7. The first kappa shape index (κ1) is 12.0. The molecule has 90 valence electrons. The Bertz CT molecular complexity index is 593. The summed E-state index contributed by atoms with van der Waals surface area (Å²) < 4.78 is 5.28. The summed E-state index contributed by atoms with van der Waals surface area (Å²) in [5.74, 6) is 0.997. The molecular weight excluding hydrogens is 256 g/mol. The lowest BCUT2D eigenvalue weighted by molar-refractivity contribution is 0.338. The first-order chi connectivity index (χ1) is 8.04. The number of nitrogens with zero attached hydrogens (tertiary/aromatic N) is 2. The Labute approximate surface area is 108 Å². The number of aromatic nitrogens is 2. The van der Waals surface area contributed by atoms with E-state index in [9.17, 15) is 0 Å². The van der Waals surface area contributed by atoms with E-state index in [4.69, 9.17) is 28.4 Å². The molecule has 17 heavy (non-hydrogen) atoms. The van der Waals surface area contributed by atoms with Crippen molar-refractivity contribution in [2.24, 2.45) is 0 Å². The maximum Gasteiger partial charge on any atom is 0.203 e. The van der Waals surface area contributed by atoms with Crippen molar-refractivity contribution in [3.8, 4) is 0 Å². The van der Waals surface area contributed by atoms with Crippen LogP contribution in [0.1, 0.15) is 17.6 Å². The van der Waals surface area contributed by atoms with E-state index in [1.54, 1.807) is 6.92 Å². The Morgan fingerprint density at radius 1 is 1.41 bits per heavy atom. The monoisotopic (exact) mass is 268 g/mol. The number of nitrogen functional groups attached to an aromatic ring is 2. The summed E-state index contributed by atoms with van der Waals surface area (Å²) in [5, 5.41) is 1.04. The summed E-state index contributed by atoms with van der Waals surface area (Å²) in [6.07, 6.45) is 0. The van der Waals surface area contributed by atoms with Crippen molar-refractivity contribution in [1.82, 2.24) is 9.97 Å². The van der Waals surface area contributed by atoms with Gasteiger partial charge in [0.15, 0.2) is 0 Å². The highest BCUT2D eigenvalue weighted by Gasteiger charge is 2.18. The zero-order valence-corrected chi connectivity index (χ0v) is 11.1. The molecule has 2 aromatic heterocycles. The molecule has 0 saturated heterocycles. The van der Waals surface area contributed by atoms with Gasteiger partial charge in [0, 0.05) is 0 Å². The highest BCUT2D eigenvalue weighted by molar-refractivity contribution is 7.81. The molecule has 0 radical (unpaired) electrons. The zero-order chi connectivity index (χ0) is 12.6. The molecule has 0 atom stereocenters. The van der Waals surface area contributed by atoms with E-state index in [0.717, 1.165) is 4.83 Å². The molecule has 0 aromatic carbocycles. The fourth-order valence-electron chi connectivity index (χ4n) is 1.51. The van der Waals surface area contributed by atoms with Gasteiger partial charge in [0.2, 0.25) is 5.05 Å². The molecule has 2 heterocycles. The van der Waals surface area contributed by atoms with Crippen LogP contribution >= 0.6 is 23.6 Å². The topological polar surface area (TPSA) is 87.0 Å². The van der Waals surface area contributed by atoms with Crippen molar-refractivity contribution >= 4 is 50.3 Å². The number of hydrogen-bond donors (Lipinski definition) is 2. The summed E-state index contributed by atoms with van der Waals surface area (Å²) in [7, 11) is 0. The minimum Gasteiger partial charge on any atom is -0.483 e. The third-order valence-electron chi connectivity index (χ3n) is 2.19. The first-order valence-corrected chi connectivity index (χ1v) is 6.26. The number of thiophene rings is 1. The number of hydrogen-bond acceptors (Lipinski definition) is 7. The molecule has 0 amide bonds. The fraction of sp³-hybridized carbons (Fsp3) is 0.300. The smallest absolute Gasteiger partial charge is 0.203 e. The quantitative estimate of drug-likeness (QED) is 0.809. The van der Waals surface area contributed by atoms with E-state index in [0.29, 0.717) is 39.3 Å². The lowest BCUT2D eigenvalue weighted by atomic mass is 10.3. The summed E-state index contributed by atoms with van der Waals surface area (Å²) in [4.78, 5) is 9.82. The van der Waals surface area contributed by atoms with E-state index in [1.807, 2.05) is 6.92 Å². The Hall–Kier alpha value is -1.47. The van der Waals surface area contributed by atoms with E-state index < -0.39 is 0 Å². The maximum atomic E-state index is 6.00. The molecule has 0 saturated carbocycles. The van der Waals surface area contributed by atoms with Crippen molar-refractivity contribution in [2.45, 2.75) is 13.8 Å². The predicted octanol–water partition coefficient (Wildman–Crippen LogP) is 1.88. The number of ether oxygens (including phenoxy) is 1. The second kappa shape index (κ2) is 4.42. The van der Waals surface area contributed by atoms with Crippen LogP contribution in [0, 0.1) is 6.92 Å². The molecule has 7 heteroatoms. The number of fused-ring (bicyclic) bond motifs is 1. The van der Waals surface area contributed by atoms with Crippen LogP contribution < -0.4 is 11.5 Å². The molecule has 4 N–H and O–H groups in total. The fourth-order valence-corrected chi connectivity index (χ4v) is 2.90. The number of thiocarbonyl (C=S) groups is 1. The van der Waals surface area contributed by atoms with Gasteiger partial charge in [0.25, 0.3) is 0 Å². The molecule has 2 aromatic rings. The molecule has 2 rings (SSSR count). The van der Waals surface area contributed by atoms with Gasteiger partial charge in [0.1, 0.15) is 21.3 Å². The van der Waals surface area contributed by atoms with Crippen molar-refractivity contribution < 1.29 is 4.74 Å². The van der Waals surface area contributed by atoms with Gasteiger partial charge in [-0.2, -0.15) is 0 Å². The summed E-state index contributed by atoms with van der Waals surface area (Å²) in [6, 6.07) is 0. The third-order valence-corrected chi connectivity index (χ3v) is 3.74. The van der Waals surface area contributed by atoms with E-state index in [2.05, 4.69) is 9.97 Å². The molecule has 0 aliphatic carbocycles. The molecule has 0 unspecified atom stereocenters. The van der Waals surface area contributed by atoms with Crippen molar-refractivity contribution in [2.75, 3.05) is 18.1 Å². The largest absolute Gasteiger partial charge is 0.483 e. The molecule has 0 spiro atoms. The summed E-state index contributed by atoms with van der Waals surface area (Å²) >= 11 is 6.52. The van der Waals surface area contributed by atoms with Crippen LogP contribution in [0.15, 0.2) is 0 Å². The summed E-state index contributed by atoms with van der Waals surface area (Å²) in [5.41, 5.74) is 12.3. The highest BCUT2D eigenvalue weighted by Crippen LogP contribution is 2.35. The minimum absolute atomic E-state index is 0.380. The van der Waals surface area contributed by atoms with Crippen LogP contribution in [0.4, 0.5) is 11.5 Å². The zero-order valence-electron chi connectivity index (χ0n) is 9.48. The van der Waals surface area contributed by atoms with E-state index in [-0.39, 0.29) is 0 Å². The van der Waals surface area contributed by atoms with Crippen molar-refractivity contribution in [3.63, 3.8) is 0 Å². The van der Waals surface area contributed by atoms with Gasteiger partial charge in [-0.3, -0.25) is 0 Å². The van der Waals surface area contributed by atoms with Gasteiger partial charge < -0.3 is 16.2 Å². The van der Waals surface area contributed by atoms with Gasteiger partial charge in [-0.1, -0.05) is 0 Å². The van der Waals surface area contributed by atoms with Crippen LogP contribution in [-0.2, 0) is 4.74 Å². The molecule has 0 fully saturated rings. The highest BCUT2D eigenvalue weighted by atomic mass is 32.1. The Kier molecular flexibility index (Phi) is 3.12. The number of aryl methyl sites for hydroxylation is 1. The van der Waals surface area contributed by atoms with Crippen molar-refractivity contribution in [3.05, 3.63) is 10.7 Å². The minimum atomic E-state index is 0.380. The van der Waals surface area contributed by atoms with E-state index >= 15 is 0 Å². The average Bonchev–Trinajstić information content (AvgIpc) is 2.56. The molecule has 5 nitrogen and oxygen atoms in total. The average molecular weight is 268 g/mol. The van der Waals surface area contributed by atoms with Gasteiger partial charge in [-0.05, 0) is 26.1 Å². The lowest BCUT2D eigenvalue weighted by Gasteiger charge is -2.02. The lowest BCUT2D eigenvalue weighted by Crippen LogP contribution is -2.04. The van der Waals surface area contributed by atoms with Crippen LogP contribution in [0.25, 0.3) is 10.2 Å². The first-order valence-electron chi connectivity index (χ1n) is 5.03. The van der Waals surface area contributed by atoms with Crippen LogP contribution in [0.2, 0.25) is 0 Å². The van der Waals surface area contributed by atoms with E-state index in [1.165, 1.54) is 11.3 Å². The molecule has 0 aliphatic heterocycles. The SMILES string of the molecule is CCOC(=S)c1sc2nc(C)nc(N)c2c1N. The van der Waals surface area contributed by atoms with Crippen molar-refractivity contribution in [1.29, 1.82) is 0 Å². The van der Waals surface area contributed by atoms with Gasteiger partial charge in [-0.25, -0.2) is 9.97 Å². The van der Waals surface area contributed by atoms with Crippen LogP contribution in [0.3, 0.4) is 0 Å². The van der Waals surface area contributed by atoms with Gasteiger partial charge in [-0.15, -0.1) is 11.3 Å². The Morgan fingerprint density at radius 3 is 2.76 bits per heavy atom. The standard InChI is InChI=1S/C10H12N4OS2/c1-3-15-10(16)7-6(11)5-8(12)13-4(2)14-9(5)17-7/h3,11H2,1-2H3,(H2,12,13,14). The molecule has 0 bridgehead atoms. The number of nitrogens with two attached hydrogens (primary N) is 2. The second-order valence-corrected chi connectivity index (χ2v) is 4.77. The summed E-state index contributed by atoms with van der Waals surface area (Å²) in [6.45, 7) is 4.16.